The smallest absolute Gasteiger partial charge is 0.243 e. The third kappa shape index (κ3) is 5.11. The molecule has 3 rings (SSSR count). The molecule has 3 aromatic rings. The second-order valence-corrected chi connectivity index (χ2v) is 6.84. The van der Waals surface area contributed by atoms with Gasteiger partial charge in [0.05, 0.1) is 0 Å². The highest BCUT2D eigenvalue weighted by atomic mass is 35.5. The molecule has 2 aromatic carbocycles. The molecule has 0 fully saturated rings. The SMILES string of the molecule is CCCCn1nnnc1NCc1ccccc1OCc1c(Cl)cccc1Cl. The monoisotopic (exact) mass is 405 g/mol. The first-order valence-corrected chi connectivity index (χ1v) is 9.58. The number of rotatable bonds is 9. The van der Waals surface area contributed by atoms with E-state index in [9.17, 15) is 0 Å². The highest BCUT2D eigenvalue weighted by molar-refractivity contribution is 6.35. The Morgan fingerprint density at radius 2 is 1.85 bits per heavy atom. The number of ether oxygens (including phenoxy) is 1. The number of anilines is 1. The first-order chi connectivity index (χ1) is 13.2. The van der Waals surface area contributed by atoms with E-state index in [1.54, 1.807) is 16.8 Å². The number of benzene rings is 2. The van der Waals surface area contributed by atoms with Crippen molar-refractivity contribution in [3.63, 3.8) is 0 Å². The number of hydrogen-bond donors (Lipinski definition) is 1. The number of para-hydroxylation sites is 1. The zero-order chi connectivity index (χ0) is 19.1. The molecule has 8 heteroatoms. The molecule has 142 valence electrons. The molecule has 0 radical (unpaired) electrons. The molecule has 27 heavy (non-hydrogen) atoms. The standard InChI is InChI=1S/C19H21Cl2N5O/c1-2-3-11-26-19(23-24-25-26)22-12-14-7-4-5-10-18(14)27-13-15-16(20)8-6-9-17(15)21/h4-10H,2-3,11-13H2,1H3,(H,22,23,25). The van der Waals surface area contributed by atoms with E-state index in [1.165, 1.54) is 0 Å². The van der Waals surface area contributed by atoms with Gasteiger partial charge in [0.2, 0.25) is 5.95 Å². The van der Waals surface area contributed by atoms with Crippen LogP contribution >= 0.6 is 23.2 Å². The number of nitrogens with one attached hydrogen (secondary N) is 1. The first kappa shape index (κ1) is 19.5. The lowest BCUT2D eigenvalue weighted by atomic mass is 10.2. The quantitative estimate of drug-likeness (QED) is 0.544. The number of aromatic nitrogens is 4. The number of hydrogen-bond acceptors (Lipinski definition) is 5. The van der Waals surface area contributed by atoms with Crippen LogP contribution in [0, 0.1) is 0 Å². The number of halogens is 2. The van der Waals surface area contributed by atoms with E-state index in [2.05, 4.69) is 27.8 Å². The number of aryl methyl sites for hydroxylation is 1. The molecule has 1 heterocycles. The van der Waals surface area contributed by atoms with E-state index in [-0.39, 0.29) is 0 Å². The Balaban J connectivity index is 1.67. The van der Waals surface area contributed by atoms with Crippen LogP contribution < -0.4 is 10.1 Å². The minimum Gasteiger partial charge on any atom is -0.488 e. The third-order valence-corrected chi connectivity index (χ3v) is 4.81. The molecule has 0 saturated heterocycles. The summed E-state index contributed by atoms with van der Waals surface area (Å²) in [6.45, 7) is 3.76. The Morgan fingerprint density at radius 3 is 2.63 bits per heavy atom. The van der Waals surface area contributed by atoms with E-state index >= 15 is 0 Å². The fourth-order valence-electron chi connectivity index (χ4n) is 2.57. The van der Waals surface area contributed by atoms with Gasteiger partial charge in [0.1, 0.15) is 12.4 Å². The van der Waals surface area contributed by atoms with E-state index in [0.717, 1.165) is 36.3 Å². The van der Waals surface area contributed by atoms with E-state index in [0.29, 0.717) is 29.1 Å². The Hall–Kier alpha value is -2.31. The van der Waals surface area contributed by atoms with E-state index in [1.807, 2.05) is 30.3 Å². The van der Waals surface area contributed by atoms with Crippen LogP contribution in [0.1, 0.15) is 30.9 Å². The third-order valence-electron chi connectivity index (χ3n) is 4.10. The summed E-state index contributed by atoms with van der Waals surface area (Å²) < 4.78 is 7.76. The molecular formula is C19H21Cl2N5O. The summed E-state index contributed by atoms with van der Waals surface area (Å²) in [6, 6.07) is 13.2. The second kappa shape index (κ2) is 9.58. The Kier molecular flexibility index (Phi) is 6.90. The van der Waals surface area contributed by atoms with Gasteiger partial charge in [-0.2, -0.15) is 0 Å². The summed E-state index contributed by atoms with van der Waals surface area (Å²) in [5.41, 5.74) is 1.76. The lowest BCUT2D eigenvalue weighted by molar-refractivity contribution is 0.303. The van der Waals surface area contributed by atoms with Crippen LogP contribution in [0.3, 0.4) is 0 Å². The molecule has 0 atom stereocenters. The van der Waals surface area contributed by atoms with Crippen molar-refractivity contribution in [3.05, 3.63) is 63.6 Å². The predicted octanol–water partition coefficient (Wildman–Crippen LogP) is 4.97. The minimum atomic E-state index is 0.295. The van der Waals surface area contributed by atoms with E-state index < -0.39 is 0 Å². The number of unbranched alkanes of at least 4 members (excludes halogenated alkanes) is 1. The van der Waals surface area contributed by atoms with Gasteiger partial charge in [0, 0.05) is 34.3 Å². The van der Waals surface area contributed by atoms with Crippen molar-refractivity contribution in [2.75, 3.05) is 5.32 Å². The first-order valence-electron chi connectivity index (χ1n) is 8.82. The lowest BCUT2D eigenvalue weighted by Crippen LogP contribution is -2.10. The van der Waals surface area contributed by atoms with Crippen molar-refractivity contribution in [2.45, 2.75) is 39.5 Å². The summed E-state index contributed by atoms with van der Waals surface area (Å²) in [6.07, 6.45) is 2.11. The van der Waals surface area contributed by atoms with Crippen LogP contribution in [0.2, 0.25) is 10.0 Å². The average Bonchev–Trinajstić information content (AvgIpc) is 3.12. The maximum atomic E-state index is 6.22. The molecule has 0 amide bonds. The van der Waals surface area contributed by atoms with Gasteiger partial charge in [0.15, 0.2) is 0 Å². The summed E-state index contributed by atoms with van der Waals surface area (Å²) >= 11 is 12.4. The van der Waals surface area contributed by atoms with Crippen molar-refractivity contribution in [3.8, 4) is 5.75 Å². The van der Waals surface area contributed by atoms with Gasteiger partial charge in [-0.25, -0.2) is 4.68 Å². The van der Waals surface area contributed by atoms with Gasteiger partial charge in [-0.15, -0.1) is 0 Å². The summed E-state index contributed by atoms with van der Waals surface area (Å²) in [5, 5.41) is 16.3. The molecule has 0 bridgehead atoms. The van der Waals surface area contributed by atoms with Gasteiger partial charge in [0.25, 0.3) is 0 Å². The molecule has 0 saturated carbocycles. The lowest BCUT2D eigenvalue weighted by Gasteiger charge is -2.14. The molecule has 1 N–H and O–H groups in total. The maximum absolute atomic E-state index is 6.22. The summed E-state index contributed by atoms with van der Waals surface area (Å²) in [5.74, 6) is 1.40. The maximum Gasteiger partial charge on any atom is 0.243 e. The second-order valence-electron chi connectivity index (χ2n) is 6.03. The molecule has 0 spiro atoms. The molecule has 1 aromatic heterocycles. The largest absolute Gasteiger partial charge is 0.488 e. The van der Waals surface area contributed by atoms with Crippen LogP contribution in [0.25, 0.3) is 0 Å². The van der Waals surface area contributed by atoms with Crippen LogP contribution in [0.5, 0.6) is 5.75 Å². The van der Waals surface area contributed by atoms with E-state index in [4.69, 9.17) is 27.9 Å². The Morgan fingerprint density at radius 1 is 1.07 bits per heavy atom. The molecule has 0 aliphatic heterocycles. The molecule has 6 nitrogen and oxygen atoms in total. The van der Waals surface area contributed by atoms with Crippen LogP contribution in [-0.2, 0) is 19.7 Å². The highest BCUT2D eigenvalue weighted by Gasteiger charge is 2.10. The predicted molar refractivity (Wildman–Crippen MR) is 107 cm³/mol. The molecule has 0 aliphatic carbocycles. The Labute approximate surface area is 168 Å². The summed E-state index contributed by atoms with van der Waals surface area (Å²) in [4.78, 5) is 0. The van der Waals surface area contributed by atoms with Crippen LogP contribution in [0.4, 0.5) is 5.95 Å². The summed E-state index contributed by atoms with van der Waals surface area (Å²) in [7, 11) is 0. The van der Waals surface area contributed by atoms with Crippen molar-refractivity contribution in [2.24, 2.45) is 0 Å². The minimum absolute atomic E-state index is 0.295. The average molecular weight is 406 g/mol. The normalized spacial score (nSPS) is 10.8. The van der Waals surface area contributed by atoms with Crippen LogP contribution in [-0.4, -0.2) is 20.2 Å². The molecular weight excluding hydrogens is 385 g/mol. The van der Waals surface area contributed by atoms with Gasteiger partial charge >= 0.3 is 0 Å². The van der Waals surface area contributed by atoms with Gasteiger partial charge < -0.3 is 10.1 Å². The van der Waals surface area contributed by atoms with Gasteiger partial charge in [-0.1, -0.05) is 65.9 Å². The van der Waals surface area contributed by atoms with Gasteiger partial charge in [-0.05, 0) is 35.0 Å². The zero-order valence-electron chi connectivity index (χ0n) is 15.0. The van der Waals surface area contributed by atoms with Crippen molar-refractivity contribution >= 4 is 29.2 Å². The van der Waals surface area contributed by atoms with Crippen molar-refractivity contribution in [1.29, 1.82) is 0 Å². The van der Waals surface area contributed by atoms with Crippen LogP contribution in [0.15, 0.2) is 42.5 Å². The Bertz CT molecular complexity index is 864. The zero-order valence-corrected chi connectivity index (χ0v) is 16.5. The molecule has 0 unspecified atom stereocenters. The van der Waals surface area contributed by atoms with Gasteiger partial charge in [-0.3, -0.25) is 0 Å². The number of tetrazole rings is 1. The number of nitrogens with zero attached hydrogens (tertiary/aromatic N) is 4. The fraction of sp³-hybridized carbons (Fsp3) is 0.316. The topological polar surface area (TPSA) is 64.9 Å². The van der Waals surface area contributed by atoms with Crippen molar-refractivity contribution < 1.29 is 4.74 Å². The molecule has 0 aliphatic rings. The highest BCUT2D eigenvalue weighted by Crippen LogP contribution is 2.27. The fourth-order valence-corrected chi connectivity index (χ4v) is 3.08. The van der Waals surface area contributed by atoms with Crippen molar-refractivity contribution in [1.82, 2.24) is 20.2 Å².